The predicted molar refractivity (Wildman–Crippen MR) is 94.4 cm³/mol. The van der Waals surface area contributed by atoms with Crippen LogP contribution < -0.4 is 5.06 Å². The first kappa shape index (κ1) is 19.9. The van der Waals surface area contributed by atoms with Crippen LogP contribution in [0.1, 0.15) is 32.3 Å². The molecular formula is C19H25NO6. The van der Waals surface area contributed by atoms with Gasteiger partial charge in [-0.1, -0.05) is 18.2 Å². The molecule has 142 valence electrons. The molecule has 1 saturated heterocycles. The number of hydrogen-bond donors (Lipinski definition) is 0. The molecular weight excluding hydrogens is 338 g/mol. The summed E-state index contributed by atoms with van der Waals surface area (Å²) in [5.74, 6) is -2.45. The van der Waals surface area contributed by atoms with Crippen LogP contribution in [0.4, 0.5) is 5.69 Å². The van der Waals surface area contributed by atoms with Crippen LogP contribution in [-0.4, -0.2) is 43.6 Å². The van der Waals surface area contributed by atoms with Gasteiger partial charge in [0, 0.05) is 0 Å². The fourth-order valence-electron chi connectivity index (χ4n) is 3.04. The Morgan fingerprint density at radius 1 is 1.19 bits per heavy atom. The minimum absolute atomic E-state index is 0.156. The largest absolute Gasteiger partial charge is 0.465 e. The summed E-state index contributed by atoms with van der Waals surface area (Å²) < 4.78 is 10.2. The van der Waals surface area contributed by atoms with Crippen molar-refractivity contribution in [3.05, 3.63) is 29.8 Å². The van der Waals surface area contributed by atoms with Crippen LogP contribution in [-0.2, 0) is 28.7 Å². The number of hydrogen-bond acceptors (Lipinski definition) is 7. The Labute approximate surface area is 153 Å². The molecule has 1 fully saturated rings. The number of carbonyl (C=O) groups is 3. The van der Waals surface area contributed by atoms with Crippen molar-refractivity contribution in [1.29, 1.82) is 0 Å². The summed E-state index contributed by atoms with van der Waals surface area (Å²) in [7, 11) is 0. The first-order valence-corrected chi connectivity index (χ1v) is 8.83. The van der Waals surface area contributed by atoms with E-state index in [0.717, 1.165) is 11.8 Å². The third-order valence-electron chi connectivity index (χ3n) is 4.27. The van der Waals surface area contributed by atoms with Gasteiger partial charge in [0.1, 0.15) is 6.10 Å². The van der Waals surface area contributed by atoms with Crippen LogP contribution in [0.25, 0.3) is 0 Å². The van der Waals surface area contributed by atoms with Crippen LogP contribution >= 0.6 is 0 Å². The van der Waals surface area contributed by atoms with Gasteiger partial charge in [0.05, 0.1) is 24.9 Å². The van der Waals surface area contributed by atoms with E-state index >= 15 is 0 Å². The minimum atomic E-state index is -1.15. The maximum Gasteiger partial charge on any atom is 0.322 e. The molecule has 1 aromatic carbocycles. The van der Waals surface area contributed by atoms with Gasteiger partial charge in [-0.3, -0.25) is 14.4 Å². The number of aryl methyl sites for hydroxylation is 1. The number of rotatable bonds is 7. The molecule has 2 rings (SSSR count). The van der Waals surface area contributed by atoms with Gasteiger partial charge in [-0.05, 0) is 45.2 Å². The zero-order valence-electron chi connectivity index (χ0n) is 15.3. The molecule has 0 N–H and O–H groups in total. The fourth-order valence-corrected chi connectivity index (χ4v) is 3.04. The van der Waals surface area contributed by atoms with Crippen molar-refractivity contribution < 1.29 is 28.7 Å². The summed E-state index contributed by atoms with van der Waals surface area (Å²) in [6.45, 7) is 5.56. The molecule has 0 radical (unpaired) electrons. The van der Waals surface area contributed by atoms with E-state index in [9.17, 15) is 14.4 Å². The number of nitrogens with zero attached hydrogens (tertiary/aromatic N) is 1. The van der Waals surface area contributed by atoms with Crippen LogP contribution in [0.5, 0.6) is 0 Å². The van der Waals surface area contributed by atoms with E-state index in [1.54, 1.807) is 13.8 Å². The lowest BCUT2D eigenvalue weighted by atomic mass is 9.92. The molecule has 1 aliphatic rings. The molecule has 2 atom stereocenters. The molecule has 1 heterocycles. The molecule has 7 nitrogen and oxygen atoms in total. The van der Waals surface area contributed by atoms with Crippen molar-refractivity contribution in [2.24, 2.45) is 5.92 Å². The molecule has 0 aromatic heterocycles. The predicted octanol–water partition coefficient (Wildman–Crippen LogP) is 2.21. The average molecular weight is 363 g/mol. The molecule has 0 spiro atoms. The quantitative estimate of drug-likeness (QED) is 0.417. The smallest absolute Gasteiger partial charge is 0.322 e. The molecule has 0 bridgehead atoms. The van der Waals surface area contributed by atoms with Crippen LogP contribution in [0.2, 0.25) is 0 Å². The van der Waals surface area contributed by atoms with E-state index in [4.69, 9.17) is 14.3 Å². The van der Waals surface area contributed by atoms with Crippen molar-refractivity contribution in [3.63, 3.8) is 0 Å². The Morgan fingerprint density at radius 3 is 2.35 bits per heavy atom. The van der Waals surface area contributed by atoms with Crippen molar-refractivity contribution in [1.82, 2.24) is 0 Å². The van der Waals surface area contributed by atoms with Gasteiger partial charge in [-0.25, -0.2) is 5.06 Å². The third kappa shape index (κ3) is 4.40. The van der Waals surface area contributed by atoms with E-state index in [0.29, 0.717) is 18.5 Å². The number of ether oxygens (including phenoxy) is 2. The Bertz CT molecular complexity index is 629. The van der Waals surface area contributed by atoms with Crippen molar-refractivity contribution in [2.75, 3.05) is 18.3 Å². The molecule has 7 heteroatoms. The molecule has 1 aliphatic heterocycles. The van der Waals surface area contributed by atoms with Crippen LogP contribution in [0, 0.1) is 12.8 Å². The minimum Gasteiger partial charge on any atom is -0.465 e. The van der Waals surface area contributed by atoms with Gasteiger partial charge in [-0.15, -0.1) is 0 Å². The number of anilines is 1. The van der Waals surface area contributed by atoms with Gasteiger partial charge < -0.3 is 14.3 Å². The van der Waals surface area contributed by atoms with Crippen molar-refractivity contribution >= 4 is 23.9 Å². The van der Waals surface area contributed by atoms with Gasteiger partial charge in [0.15, 0.2) is 12.2 Å². The summed E-state index contributed by atoms with van der Waals surface area (Å²) in [6.07, 6.45) is 0.924. The summed E-state index contributed by atoms with van der Waals surface area (Å²) in [5.41, 5.74) is 1.60. The second kappa shape index (κ2) is 9.33. The monoisotopic (exact) mass is 363 g/mol. The maximum atomic E-state index is 12.5. The third-order valence-corrected chi connectivity index (χ3v) is 4.27. The van der Waals surface area contributed by atoms with E-state index < -0.39 is 30.0 Å². The first-order chi connectivity index (χ1) is 12.5. The lowest BCUT2D eigenvalue weighted by Gasteiger charge is -2.41. The highest BCUT2D eigenvalue weighted by molar-refractivity contribution is 5.96. The summed E-state index contributed by atoms with van der Waals surface area (Å²) >= 11 is 0. The highest BCUT2D eigenvalue weighted by atomic mass is 16.7. The number of hydroxylamine groups is 1. The summed E-state index contributed by atoms with van der Waals surface area (Å²) in [6, 6.07) is 6.80. The summed E-state index contributed by atoms with van der Waals surface area (Å²) in [4.78, 5) is 42.0. The van der Waals surface area contributed by atoms with E-state index in [-0.39, 0.29) is 13.2 Å². The fraction of sp³-hybridized carbons (Fsp3) is 0.526. The Morgan fingerprint density at radius 2 is 1.81 bits per heavy atom. The lowest BCUT2D eigenvalue weighted by molar-refractivity contribution is -0.166. The number of benzene rings is 1. The van der Waals surface area contributed by atoms with Crippen LogP contribution in [0.15, 0.2) is 24.3 Å². The molecule has 0 amide bonds. The maximum absolute atomic E-state index is 12.5. The van der Waals surface area contributed by atoms with E-state index in [1.165, 1.54) is 5.06 Å². The topological polar surface area (TPSA) is 82.1 Å². The highest BCUT2D eigenvalue weighted by Gasteiger charge is 2.44. The molecule has 26 heavy (non-hydrogen) atoms. The number of para-hydroxylation sites is 1. The van der Waals surface area contributed by atoms with Crippen molar-refractivity contribution in [3.8, 4) is 0 Å². The number of aldehydes is 1. The van der Waals surface area contributed by atoms with E-state index in [1.807, 2.05) is 31.2 Å². The first-order valence-electron chi connectivity index (χ1n) is 8.83. The number of carbonyl (C=O) groups excluding carboxylic acids is 3. The van der Waals surface area contributed by atoms with Crippen LogP contribution in [0.3, 0.4) is 0 Å². The normalized spacial score (nSPS) is 19.9. The Kier molecular flexibility index (Phi) is 7.15. The molecule has 0 saturated carbocycles. The Hall–Kier alpha value is -2.41. The highest BCUT2D eigenvalue weighted by Crippen LogP contribution is 2.33. The second-order valence-corrected chi connectivity index (χ2v) is 6.02. The van der Waals surface area contributed by atoms with Crippen molar-refractivity contribution in [2.45, 2.75) is 45.8 Å². The van der Waals surface area contributed by atoms with E-state index in [2.05, 4.69) is 0 Å². The zero-order valence-corrected chi connectivity index (χ0v) is 15.3. The van der Waals surface area contributed by atoms with Gasteiger partial charge in [-0.2, -0.15) is 0 Å². The van der Waals surface area contributed by atoms with Gasteiger partial charge >= 0.3 is 11.9 Å². The Balaban J connectivity index is 2.42. The second-order valence-electron chi connectivity index (χ2n) is 6.02. The molecule has 0 aliphatic carbocycles. The van der Waals surface area contributed by atoms with Gasteiger partial charge in [0.25, 0.3) is 0 Å². The molecule has 1 aromatic rings. The lowest BCUT2D eigenvalue weighted by Crippen LogP contribution is -2.53. The average Bonchev–Trinajstić information content (AvgIpc) is 2.63. The molecule has 0 unspecified atom stereocenters. The number of esters is 2. The summed E-state index contributed by atoms with van der Waals surface area (Å²) in [5, 5.41) is 1.50. The SMILES string of the molecule is CCOC(=O)C(C(=O)OCC)[C@H]1CC[C@H](C=O)ON1c1ccccc1C. The van der Waals surface area contributed by atoms with Gasteiger partial charge in [0.2, 0.25) is 0 Å². The standard InChI is InChI=1S/C19H25NO6/c1-4-24-18(22)17(19(23)25-5-2)16-11-10-14(12-21)26-20(16)15-9-7-6-8-13(15)3/h6-9,12,14,16-17H,4-5,10-11H2,1-3H3/t14-,16-/m1/s1. The zero-order chi connectivity index (χ0) is 19.1.